The van der Waals surface area contributed by atoms with E-state index in [1.807, 2.05) is 31.3 Å². The standard InChI is InChI=1S/C20H23N5O4/c1-12-18(20(24-29-12)28-11-15-10-27-7-5-21-15)14-4-6-25-16(8-14)9-17(23-25)22-19(26)13-2-3-13/h4,6,8-9,13,15,21H,2-3,5,7,10-11H2,1H3,(H,22,23,26)/t15-/m1/s1. The summed E-state index contributed by atoms with van der Waals surface area (Å²) < 4.78 is 18.5. The molecule has 0 aromatic carbocycles. The molecular formula is C20H23N5O4. The molecule has 3 aromatic heterocycles. The van der Waals surface area contributed by atoms with Crippen LogP contribution in [0.5, 0.6) is 5.88 Å². The van der Waals surface area contributed by atoms with Gasteiger partial charge in [-0.2, -0.15) is 5.10 Å². The number of aromatic nitrogens is 3. The van der Waals surface area contributed by atoms with E-state index in [1.165, 1.54) is 0 Å². The summed E-state index contributed by atoms with van der Waals surface area (Å²) in [5.74, 6) is 1.87. The number of rotatable bonds is 6. The molecule has 1 aliphatic carbocycles. The number of carbonyl (C=O) groups excluding carboxylic acids is 1. The van der Waals surface area contributed by atoms with Crippen molar-refractivity contribution in [1.82, 2.24) is 20.1 Å². The van der Waals surface area contributed by atoms with E-state index in [0.29, 0.717) is 30.7 Å². The maximum atomic E-state index is 12.0. The van der Waals surface area contributed by atoms with Crippen molar-refractivity contribution in [3.63, 3.8) is 0 Å². The molecule has 4 heterocycles. The third-order valence-electron chi connectivity index (χ3n) is 5.20. The fourth-order valence-corrected chi connectivity index (χ4v) is 3.47. The second-order valence-corrected chi connectivity index (χ2v) is 7.53. The average Bonchev–Trinajstić information content (AvgIpc) is 3.42. The quantitative estimate of drug-likeness (QED) is 0.656. The molecule has 9 nitrogen and oxygen atoms in total. The maximum Gasteiger partial charge on any atom is 0.262 e. The van der Waals surface area contributed by atoms with E-state index < -0.39 is 0 Å². The highest BCUT2D eigenvalue weighted by molar-refractivity contribution is 5.93. The molecule has 152 valence electrons. The summed E-state index contributed by atoms with van der Waals surface area (Å²) in [6.45, 7) is 4.46. The highest BCUT2D eigenvalue weighted by Crippen LogP contribution is 2.34. The third kappa shape index (κ3) is 3.83. The number of fused-ring (bicyclic) bond motifs is 1. The van der Waals surface area contributed by atoms with E-state index in [2.05, 4.69) is 20.9 Å². The van der Waals surface area contributed by atoms with Gasteiger partial charge in [-0.3, -0.25) is 4.79 Å². The van der Waals surface area contributed by atoms with Crippen molar-refractivity contribution in [2.24, 2.45) is 5.92 Å². The molecule has 3 aromatic rings. The van der Waals surface area contributed by atoms with Gasteiger partial charge in [-0.25, -0.2) is 4.52 Å². The molecule has 1 amide bonds. The molecular weight excluding hydrogens is 374 g/mol. The van der Waals surface area contributed by atoms with Gasteiger partial charge < -0.3 is 24.6 Å². The number of hydrogen-bond acceptors (Lipinski definition) is 7. The number of pyridine rings is 1. The van der Waals surface area contributed by atoms with Gasteiger partial charge in [0.1, 0.15) is 12.4 Å². The summed E-state index contributed by atoms with van der Waals surface area (Å²) >= 11 is 0. The molecule has 5 rings (SSSR count). The number of nitrogens with one attached hydrogen (secondary N) is 2. The van der Waals surface area contributed by atoms with Crippen LogP contribution in [0.3, 0.4) is 0 Å². The number of nitrogens with zero attached hydrogens (tertiary/aromatic N) is 3. The number of ether oxygens (including phenoxy) is 2. The Morgan fingerprint density at radius 2 is 2.31 bits per heavy atom. The Bertz CT molecular complexity index is 1030. The fourth-order valence-electron chi connectivity index (χ4n) is 3.47. The Labute approximate surface area is 167 Å². The van der Waals surface area contributed by atoms with Crippen LogP contribution >= 0.6 is 0 Å². The van der Waals surface area contributed by atoms with Crippen LogP contribution in [0.15, 0.2) is 28.9 Å². The Morgan fingerprint density at radius 1 is 1.41 bits per heavy atom. The second-order valence-electron chi connectivity index (χ2n) is 7.53. The molecule has 2 fully saturated rings. The minimum absolute atomic E-state index is 0.0412. The van der Waals surface area contributed by atoms with Crippen LogP contribution in [0.4, 0.5) is 5.82 Å². The fraction of sp³-hybridized carbons (Fsp3) is 0.450. The van der Waals surface area contributed by atoms with Gasteiger partial charge in [0.25, 0.3) is 5.88 Å². The summed E-state index contributed by atoms with van der Waals surface area (Å²) in [4.78, 5) is 12.0. The summed E-state index contributed by atoms with van der Waals surface area (Å²) in [7, 11) is 0. The van der Waals surface area contributed by atoms with Crippen molar-refractivity contribution < 1.29 is 18.8 Å². The molecule has 1 aliphatic heterocycles. The number of anilines is 1. The highest BCUT2D eigenvalue weighted by Gasteiger charge is 2.30. The number of amides is 1. The van der Waals surface area contributed by atoms with E-state index in [0.717, 1.165) is 42.6 Å². The summed E-state index contributed by atoms with van der Waals surface area (Å²) in [6, 6.07) is 5.90. The smallest absolute Gasteiger partial charge is 0.262 e. The number of morpholine rings is 1. The normalized spacial score (nSPS) is 19.4. The topological polar surface area (TPSA) is 103 Å². The van der Waals surface area contributed by atoms with Gasteiger partial charge in [0.05, 0.1) is 30.3 Å². The SMILES string of the molecule is Cc1onc(OC[C@H]2COCCN2)c1-c1ccn2nc(NC(=O)C3CC3)cc2c1. The minimum atomic E-state index is 0.0412. The lowest BCUT2D eigenvalue weighted by Gasteiger charge is -2.23. The Kier molecular flexibility index (Phi) is 4.69. The van der Waals surface area contributed by atoms with Crippen molar-refractivity contribution in [1.29, 1.82) is 0 Å². The predicted octanol–water partition coefficient (Wildman–Crippen LogP) is 2.01. The molecule has 1 saturated heterocycles. The van der Waals surface area contributed by atoms with E-state index in [1.54, 1.807) is 4.52 Å². The van der Waals surface area contributed by atoms with Crippen LogP contribution in [0.1, 0.15) is 18.6 Å². The van der Waals surface area contributed by atoms with Crippen molar-refractivity contribution in [3.05, 3.63) is 30.2 Å². The van der Waals surface area contributed by atoms with Crippen LogP contribution < -0.4 is 15.4 Å². The van der Waals surface area contributed by atoms with Crippen molar-refractivity contribution in [2.75, 3.05) is 31.7 Å². The van der Waals surface area contributed by atoms with Gasteiger partial charge in [-0.05, 0) is 42.6 Å². The van der Waals surface area contributed by atoms with E-state index >= 15 is 0 Å². The zero-order valence-electron chi connectivity index (χ0n) is 16.2. The van der Waals surface area contributed by atoms with Crippen LogP contribution in [0.25, 0.3) is 16.6 Å². The molecule has 0 unspecified atom stereocenters. The second kappa shape index (κ2) is 7.49. The first-order valence-electron chi connectivity index (χ1n) is 9.88. The number of hydrogen-bond donors (Lipinski definition) is 2. The zero-order valence-corrected chi connectivity index (χ0v) is 16.2. The lowest BCUT2D eigenvalue weighted by Crippen LogP contribution is -2.44. The lowest BCUT2D eigenvalue weighted by atomic mass is 10.1. The summed E-state index contributed by atoms with van der Waals surface area (Å²) in [5, 5.41) is 14.7. The maximum absolute atomic E-state index is 12.0. The minimum Gasteiger partial charge on any atom is -0.473 e. The average molecular weight is 397 g/mol. The predicted molar refractivity (Wildman–Crippen MR) is 105 cm³/mol. The van der Waals surface area contributed by atoms with E-state index in [9.17, 15) is 4.79 Å². The molecule has 9 heteroatoms. The van der Waals surface area contributed by atoms with Crippen LogP contribution in [0.2, 0.25) is 0 Å². The van der Waals surface area contributed by atoms with Crippen LogP contribution in [0, 0.1) is 12.8 Å². The molecule has 0 radical (unpaired) electrons. The van der Waals surface area contributed by atoms with Gasteiger partial charge in [0.2, 0.25) is 5.91 Å². The van der Waals surface area contributed by atoms with Gasteiger partial charge in [0.15, 0.2) is 5.82 Å². The number of carbonyl (C=O) groups is 1. The Hall–Kier alpha value is -2.91. The summed E-state index contributed by atoms with van der Waals surface area (Å²) in [5.41, 5.74) is 2.59. The zero-order chi connectivity index (χ0) is 19.8. The third-order valence-corrected chi connectivity index (χ3v) is 5.20. The van der Waals surface area contributed by atoms with Crippen molar-refractivity contribution >= 4 is 17.2 Å². The van der Waals surface area contributed by atoms with Gasteiger partial charge in [-0.15, -0.1) is 0 Å². The molecule has 29 heavy (non-hydrogen) atoms. The van der Waals surface area contributed by atoms with Crippen molar-refractivity contribution in [3.8, 4) is 17.0 Å². The number of aryl methyl sites for hydroxylation is 1. The molecule has 1 saturated carbocycles. The summed E-state index contributed by atoms with van der Waals surface area (Å²) in [6.07, 6.45) is 3.77. The first-order chi connectivity index (χ1) is 14.2. The van der Waals surface area contributed by atoms with Crippen LogP contribution in [-0.4, -0.2) is 53.1 Å². The first kappa shape index (κ1) is 18.1. The van der Waals surface area contributed by atoms with E-state index in [4.69, 9.17) is 14.0 Å². The first-order valence-corrected chi connectivity index (χ1v) is 9.88. The molecule has 0 bridgehead atoms. The largest absolute Gasteiger partial charge is 0.473 e. The van der Waals surface area contributed by atoms with Gasteiger partial charge in [0, 0.05) is 24.7 Å². The highest BCUT2D eigenvalue weighted by atomic mass is 16.5. The monoisotopic (exact) mass is 397 g/mol. The van der Waals surface area contributed by atoms with Gasteiger partial charge >= 0.3 is 0 Å². The Balaban J connectivity index is 1.36. The van der Waals surface area contributed by atoms with Crippen molar-refractivity contribution in [2.45, 2.75) is 25.8 Å². The van der Waals surface area contributed by atoms with E-state index in [-0.39, 0.29) is 17.9 Å². The molecule has 2 N–H and O–H groups in total. The lowest BCUT2D eigenvalue weighted by molar-refractivity contribution is -0.117. The van der Waals surface area contributed by atoms with Gasteiger partial charge in [-0.1, -0.05) is 0 Å². The molecule has 0 spiro atoms. The Morgan fingerprint density at radius 3 is 3.10 bits per heavy atom. The molecule has 2 aliphatic rings. The molecule has 1 atom stereocenters. The van der Waals surface area contributed by atoms with Crippen LogP contribution in [-0.2, 0) is 9.53 Å².